The van der Waals surface area contributed by atoms with Crippen LogP contribution < -0.4 is 5.32 Å². The molecule has 0 aromatic carbocycles. The van der Waals surface area contributed by atoms with Crippen LogP contribution >= 0.6 is 0 Å². The maximum absolute atomic E-state index is 9.65. The van der Waals surface area contributed by atoms with Crippen molar-refractivity contribution < 1.29 is 9.84 Å². The van der Waals surface area contributed by atoms with Crippen LogP contribution in [0.4, 0.5) is 0 Å². The number of hydrogen-bond donors (Lipinski definition) is 2. The first kappa shape index (κ1) is 15.9. The van der Waals surface area contributed by atoms with Gasteiger partial charge in [0, 0.05) is 24.7 Å². The number of rotatable bonds is 9. The maximum atomic E-state index is 9.65. The fourth-order valence-electron chi connectivity index (χ4n) is 2.76. The van der Waals surface area contributed by atoms with Crippen LogP contribution in [0, 0.1) is 0 Å². The average Bonchev–Trinajstić information content (AvgIpc) is 2.82. The largest absolute Gasteiger partial charge is 0.394 e. The molecule has 1 aliphatic carbocycles. The second-order valence-electron chi connectivity index (χ2n) is 5.44. The van der Waals surface area contributed by atoms with E-state index in [-0.39, 0.29) is 12.1 Å². The zero-order valence-electron chi connectivity index (χ0n) is 12.2. The summed E-state index contributed by atoms with van der Waals surface area (Å²) in [4.78, 5) is 2.38. The summed E-state index contributed by atoms with van der Waals surface area (Å²) in [5, 5.41) is 13.2. The zero-order valence-corrected chi connectivity index (χ0v) is 12.2. The molecule has 0 aromatic rings. The lowest BCUT2D eigenvalue weighted by Gasteiger charge is -2.30. The van der Waals surface area contributed by atoms with Crippen LogP contribution in [-0.4, -0.2) is 61.5 Å². The van der Waals surface area contributed by atoms with Crippen LogP contribution in [0.15, 0.2) is 0 Å². The molecule has 2 unspecified atom stereocenters. The third-order valence-electron chi connectivity index (χ3n) is 4.05. The molecular formula is C14H30N2O2. The lowest BCUT2D eigenvalue weighted by Crippen LogP contribution is -2.48. The Balaban J connectivity index is 2.37. The SMILES string of the molecule is CCCNC1(CO)CCC(N(C)CCOCC)C1. The summed E-state index contributed by atoms with van der Waals surface area (Å²) < 4.78 is 5.40. The van der Waals surface area contributed by atoms with Crippen molar-refractivity contribution in [3.05, 3.63) is 0 Å². The number of aliphatic hydroxyl groups is 1. The van der Waals surface area contributed by atoms with Gasteiger partial charge in [-0.2, -0.15) is 0 Å². The first-order valence-electron chi connectivity index (χ1n) is 7.31. The first-order chi connectivity index (χ1) is 8.67. The molecule has 18 heavy (non-hydrogen) atoms. The smallest absolute Gasteiger partial charge is 0.0613 e. The van der Waals surface area contributed by atoms with Crippen molar-refractivity contribution in [1.82, 2.24) is 10.2 Å². The Labute approximate surface area is 112 Å². The fraction of sp³-hybridized carbons (Fsp3) is 1.00. The van der Waals surface area contributed by atoms with Crippen molar-refractivity contribution in [2.45, 2.75) is 51.1 Å². The topological polar surface area (TPSA) is 44.7 Å². The molecule has 2 atom stereocenters. The molecule has 1 rings (SSSR count). The van der Waals surface area contributed by atoms with Crippen LogP contribution in [0.1, 0.15) is 39.5 Å². The molecule has 0 heterocycles. The molecule has 0 spiro atoms. The van der Waals surface area contributed by atoms with Gasteiger partial charge in [0.2, 0.25) is 0 Å². The third kappa shape index (κ3) is 4.50. The van der Waals surface area contributed by atoms with Gasteiger partial charge >= 0.3 is 0 Å². The predicted molar refractivity (Wildman–Crippen MR) is 74.9 cm³/mol. The highest BCUT2D eigenvalue weighted by molar-refractivity contribution is 4.98. The van der Waals surface area contributed by atoms with Crippen LogP contribution in [0.25, 0.3) is 0 Å². The molecule has 1 fully saturated rings. The van der Waals surface area contributed by atoms with E-state index >= 15 is 0 Å². The number of hydrogen-bond acceptors (Lipinski definition) is 4. The van der Waals surface area contributed by atoms with Crippen LogP contribution in [0.5, 0.6) is 0 Å². The minimum Gasteiger partial charge on any atom is -0.394 e. The van der Waals surface area contributed by atoms with E-state index in [1.54, 1.807) is 0 Å². The maximum Gasteiger partial charge on any atom is 0.0613 e. The van der Waals surface area contributed by atoms with Gasteiger partial charge in [0.05, 0.1) is 13.2 Å². The lowest BCUT2D eigenvalue weighted by molar-refractivity contribution is 0.102. The predicted octanol–water partition coefficient (Wildman–Crippen LogP) is 1.24. The Morgan fingerprint density at radius 1 is 1.44 bits per heavy atom. The van der Waals surface area contributed by atoms with Gasteiger partial charge in [-0.05, 0) is 46.2 Å². The molecule has 108 valence electrons. The van der Waals surface area contributed by atoms with Crippen molar-refractivity contribution >= 4 is 0 Å². The number of nitrogens with zero attached hydrogens (tertiary/aromatic N) is 1. The molecular weight excluding hydrogens is 228 g/mol. The van der Waals surface area contributed by atoms with Crippen molar-refractivity contribution in [3.63, 3.8) is 0 Å². The second-order valence-corrected chi connectivity index (χ2v) is 5.44. The highest BCUT2D eigenvalue weighted by Crippen LogP contribution is 2.32. The number of ether oxygens (including phenoxy) is 1. The number of nitrogens with one attached hydrogen (secondary N) is 1. The summed E-state index contributed by atoms with van der Waals surface area (Å²) in [7, 11) is 2.16. The van der Waals surface area contributed by atoms with Gasteiger partial charge < -0.3 is 20.1 Å². The van der Waals surface area contributed by atoms with Gasteiger partial charge in [-0.15, -0.1) is 0 Å². The van der Waals surface area contributed by atoms with Gasteiger partial charge in [0.15, 0.2) is 0 Å². The molecule has 4 heteroatoms. The summed E-state index contributed by atoms with van der Waals surface area (Å²) >= 11 is 0. The molecule has 0 aliphatic heterocycles. The molecule has 4 nitrogen and oxygen atoms in total. The average molecular weight is 258 g/mol. The molecule has 0 amide bonds. The van der Waals surface area contributed by atoms with E-state index in [0.717, 1.165) is 45.6 Å². The Kier molecular flexibility index (Phi) is 7.15. The van der Waals surface area contributed by atoms with Crippen LogP contribution in [-0.2, 0) is 4.74 Å². The van der Waals surface area contributed by atoms with Crippen LogP contribution in [0.3, 0.4) is 0 Å². The first-order valence-corrected chi connectivity index (χ1v) is 7.31. The molecule has 0 radical (unpaired) electrons. The Morgan fingerprint density at radius 2 is 2.22 bits per heavy atom. The highest BCUT2D eigenvalue weighted by atomic mass is 16.5. The molecule has 0 saturated heterocycles. The van der Waals surface area contributed by atoms with E-state index in [1.807, 2.05) is 6.92 Å². The molecule has 0 aromatic heterocycles. The summed E-state index contributed by atoms with van der Waals surface area (Å²) in [6, 6.07) is 0.571. The Morgan fingerprint density at radius 3 is 2.83 bits per heavy atom. The molecule has 1 saturated carbocycles. The summed E-state index contributed by atoms with van der Waals surface area (Å²) in [6.07, 6.45) is 4.41. The normalized spacial score (nSPS) is 28.2. The quantitative estimate of drug-likeness (QED) is 0.611. The van der Waals surface area contributed by atoms with E-state index < -0.39 is 0 Å². The van der Waals surface area contributed by atoms with E-state index in [4.69, 9.17) is 4.74 Å². The summed E-state index contributed by atoms with van der Waals surface area (Å²) in [5.74, 6) is 0. The lowest BCUT2D eigenvalue weighted by atomic mass is 9.98. The minimum atomic E-state index is -0.0411. The van der Waals surface area contributed by atoms with Crippen molar-refractivity contribution in [2.75, 3.05) is 40.0 Å². The summed E-state index contributed by atoms with van der Waals surface area (Å²) in [6.45, 7) is 8.02. The molecule has 1 aliphatic rings. The summed E-state index contributed by atoms with van der Waals surface area (Å²) in [5.41, 5.74) is -0.0411. The molecule has 0 bridgehead atoms. The number of likely N-dealkylation sites (N-methyl/N-ethyl adjacent to an activating group) is 1. The molecule has 2 N–H and O–H groups in total. The van der Waals surface area contributed by atoms with Gasteiger partial charge in [0.1, 0.15) is 0 Å². The highest BCUT2D eigenvalue weighted by Gasteiger charge is 2.39. The van der Waals surface area contributed by atoms with Gasteiger partial charge in [-0.3, -0.25) is 0 Å². The van der Waals surface area contributed by atoms with E-state index in [1.165, 1.54) is 6.42 Å². The Hall–Kier alpha value is -0.160. The fourth-order valence-corrected chi connectivity index (χ4v) is 2.76. The van der Waals surface area contributed by atoms with Gasteiger partial charge in [-0.1, -0.05) is 6.92 Å². The van der Waals surface area contributed by atoms with E-state index in [9.17, 15) is 5.11 Å². The monoisotopic (exact) mass is 258 g/mol. The van der Waals surface area contributed by atoms with Gasteiger partial charge in [0.25, 0.3) is 0 Å². The standard InChI is InChI=1S/C14H30N2O2/c1-4-8-15-14(12-17)7-6-13(11-14)16(3)9-10-18-5-2/h13,15,17H,4-12H2,1-3H3. The van der Waals surface area contributed by atoms with Crippen molar-refractivity contribution in [3.8, 4) is 0 Å². The van der Waals surface area contributed by atoms with Gasteiger partial charge in [-0.25, -0.2) is 0 Å². The van der Waals surface area contributed by atoms with E-state index in [0.29, 0.717) is 6.04 Å². The number of aliphatic hydroxyl groups excluding tert-OH is 1. The van der Waals surface area contributed by atoms with Crippen molar-refractivity contribution in [2.24, 2.45) is 0 Å². The Bertz CT molecular complexity index is 226. The second kappa shape index (κ2) is 8.10. The third-order valence-corrected chi connectivity index (χ3v) is 4.05. The zero-order chi connectivity index (χ0) is 13.4. The van der Waals surface area contributed by atoms with Crippen molar-refractivity contribution in [1.29, 1.82) is 0 Å². The van der Waals surface area contributed by atoms with E-state index in [2.05, 4.69) is 24.2 Å². The van der Waals surface area contributed by atoms with Crippen LogP contribution in [0.2, 0.25) is 0 Å². The minimum absolute atomic E-state index is 0.0411.